The summed E-state index contributed by atoms with van der Waals surface area (Å²) in [6.45, 7) is 9.99. The number of hydrogen-bond acceptors (Lipinski definition) is 4. The van der Waals surface area contributed by atoms with Crippen molar-refractivity contribution < 1.29 is 4.42 Å². The van der Waals surface area contributed by atoms with Gasteiger partial charge in [-0.3, -0.25) is 9.89 Å². The molecule has 148 valence electrons. The SMILES string of the molecule is Cc1nc(CN2CCC(CN=C(N)N3CCCCCC3)CC2)oc1C.I. The first-order valence-corrected chi connectivity index (χ1v) is 9.82. The highest BCUT2D eigenvalue weighted by molar-refractivity contribution is 14.0. The van der Waals surface area contributed by atoms with E-state index in [1.165, 1.54) is 38.5 Å². The third-order valence-corrected chi connectivity index (χ3v) is 5.58. The number of piperidine rings is 1. The van der Waals surface area contributed by atoms with Gasteiger partial charge in [-0.1, -0.05) is 12.8 Å². The van der Waals surface area contributed by atoms with E-state index in [0.717, 1.165) is 62.6 Å². The Morgan fingerprint density at radius 3 is 2.35 bits per heavy atom. The fourth-order valence-electron chi connectivity index (χ4n) is 3.75. The molecule has 6 nitrogen and oxygen atoms in total. The van der Waals surface area contributed by atoms with Crippen molar-refractivity contribution in [2.24, 2.45) is 16.6 Å². The summed E-state index contributed by atoms with van der Waals surface area (Å²) in [6.07, 6.45) is 7.49. The number of hydrogen-bond donors (Lipinski definition) is 1. The topological polar surface area (TPSA) is 70.9 Å². The number of likely N-dealkylation sites (tertiary alicyclic amines) is 2. The molecule has 0 radical (unpaired) electrons. The highest BCUT2D eigenvalue weighted by atomic mass is 127. The number of nitrogens with zero attached hydrogens (tertiary/aromatic N) is 4. The maximum atomic E-state index is 6.23. The van der Waals surface area contributed by atoms with Crippen LogP contribution in [-0.4, -0.2) is 53.5 Å². The molecule has 2 N–H and O–H groups in total. The molecule has 3 rings (SSSR count). The third kappa shape index (κ3) is 6.11. The van der Waals surface area contributed by atoms with Gasteiger partial charge in [-0.2, -0.15) is 0 Å². The van der Waals surface area contributed by atoms with Gasteiger partial charge in [0, 0.05) is 19.6 Å². The van der Waals surface area contributed by atoms with Crippen molar-refractivity contribution in [2.45, 2.75) is 58.9 Å². The molecular weight excluding hydrogens is 441 g/mol. The van der Waals surface area contributed by atoms with E-state index < -0.39 is 0 Å². The molecule has 2 aliphatic heterocycles. The van der Waals surface area contributed by atoms with Gasteiger partial charge in [0.05, 0.1) is 12.2 Å². The number of nitrogens with two attached hydrogens (primary N) is 1. The lowest BCUT2D eigenvalue weighted by molar-refractivity contribution is 0.166. The van der Waals surface area contributed by atoms with E-state index in [1.807, 2.05) is 13.8 Å². The van der Waals surface area contributed by atoms with Gasteiger partial charge in [-0.05, 0) is 58.5 Å². The first-order valence-electron chi connectivity index (χ1n) is 9.82. The summed E-state index contributed by atoms with van der Waals surface area (Å²) < 4.78 is 5.70. The molecule has 0 saturated carbocycles. The lowest BCUT2D eigenvalue weighted by Gasteiger charge is -2.30. The summed E-state index contributed by atoms with van der Waals surface area (Å²) in [5.41, 5.74) is 7.23. The molecule has 0 spiro atoms. The summed E-state index contributed by atoms with van der Waals surface area (Å²) >= 11 is 0. The van der Waals surface area contributed by atoms with Gasteiger partial charge < -0.3 is 15.1 Å². The van der Waals surface area contributed by atoms with E-state index >= 15 is 0 Å². The quantitative estimate of drug-likeness (QED) is 0.411. The summed E-state index contributed by atoms with van der Waals surface area (Å²) in [5, 5.41) is 0. The first kappa shape index (κ1) is 21.5. The zero-order chi connectivity index (χ0) is 17.6. The van der Waals surface area contributed by atoms with Crippen LogP contribution in [0.1, 0.15) is 55.9 Å². The standard InChI is InChI=1S/C19H33N5O.HI/c1-15-16(2)25-18(22-15)14-23-11-7-17(8-12-23)13-21-19(20)24-9-5-3-4-6-10-24;/h17H,3-14H2,1-2H3,(H2,20,21);1H. The van der Waals surface area contributed by atoms with Crippen LogP contribution < -0.4 is 5.73 Å². The van der Waals surface area contributed by atoms with Crippen LogP contribution >= 0.6 is 24.0 Å². The highest BCUT2D eigenvalue weighted by Crippen LogP contribution is 2.20. The Balaban J connectivity index is 0.00000243. The minimum atomic E-state index is 0. The molecule has 2 fully saturated rings. The van der Waals surface area contributed by atoms with Crippen molar-refractivity contribution in [1.29, 1.82) is 0 Å². The predicted octanol–water partition coefficient (Wildman–Crippen LogP) is 3.31. The first-order chi connectivity index (χ1) is 12.1. The van der Waals surface area contributed by atoms with Crippen LogP contribution in [0, 0.1) is 19.8 Å². The number of aliphatic imine (C=N–C) groups is 1. The van der Waals surface area contributed by atoms with E-state index in [9.17, 15) is 0 Å². The van der Waals surface area contributed by atoms with Crippen molar-refractivity contribution in [1.82, 2.24) is 14.8 Å². The Bertz CT molecular complexity index is 553. The molecule has 0 aromatic carbocycles. The molecule has 0 unspecified atom stereocenters. The molecule has 0 atom stereocenters. The fourth-order valence-corrected chi connectivity index (χ4v) is 3.75. The Kier molecular flexibility index (Phi) is 8.66. The molecule has 2 saturated heterocycles. The summed E-state index contributed by atoms with van der Waals surface area (Å²) in [4.78, 5) is 13.9. The minimum Gasteiger partial charge on any atom is -0.444 e. The molecule has 7 heteroatoms. The normalized spacial score (nSPS) is 20.7. The zero-order valence-electron chi connectivity index (χ0n) is 16.2. The van der Waals surface area contributed by atoms with Gasteiger partial charge in [0.1, 0.15) is 5.76 Å². The van der Waals surface area contributed by atoms with Crippen LogP contribution in [0.4, 0.5) is 0 Å². The van der Waals surface area contributed by atoms with Gasteiger partial charge in [-0.25, -0.2) is 4.98 Å². The van der Waals surface area contributed by atoms with Gasteiger partial charge >= 0.3 is 0 Å². The van der Waals surface area contributed by atoms with Crippen molar-refractivity contribution in [3.05, 3.63) is 17.3 Å². The van der Waals surface area contributed by atoms with Crippen LogP contribution in [0.3, 0.4) is 0 Å². The van der Waals surface area contributed by atoms with Crippen molar-refractivity contribution >= 4 is 29.9 Å². The molecule has 0 bridgehead atoms. The van der Waals surface area contributed by atoms with Gasteiger partial charge in [0.25, 0.3) is 0 Å². The molecule has 3 heterocycles. The Morgan fingerprint density at radius 2 is 1.77 bits per heavy atom. The Labute approximate surface area is 174 Å². The van der Waals surface area contributed by atoms with Crippen LogP contribution in [0.25, 0.3) is 0 Å². The largest absolute Gasteiger partial charge is 0.444 e. The Morgan fingerprint density at radius 1 is 1.12 bits per heavy atom. The maximum Gasteiger partial charge on any atom is 0.208 e. The minimum absolute atomic E-state index is 0. The lowest BCUT2D eigenvalue weighted by Crippen LogP contribution is -2.39. The van der Waals surface area contributed by atoms with E-state index in [1.54, 1.807) is 0 Å². The molecule has 0 aliphatic carbocycles. The second kappa shape index (κ2) is 10.5. The average molecular weight is 475 g/mol. The van der Waals surface area contributed by atoms with Crippen LogP contribution in [0.15, 0.2) is 9.41 Å². The van der Waals surface area contributed by atoms with E-state index in [-0.39, 0.29) is 24.0 Å². The number of aryl methyl sites for hydroxylation is 2. The van der Waals surface area contributed by atoms with E-state index in [4.69, 9.17) is 15.1 Å². The molecule has 26 heavy (non-hydrogen) atoms. The monoisotopic (exact) mass is 475 g/mol. The summed E-state index contributed by atoms with van der Waals surface area (Å²) in [6, 6.07) is 0. The molecular formula is C19H34IN5O. The van der Waals surface area contributed by atoms with Crippen molar-refractivity contribution in [2.75, 3.05) is 32.7 Å². The zero-order valence-corrected chi connectivity index (χ0v) is 18.6. The molecule has 0 amide bonds. The van der Waals surface area contributed by atoms with Gasteiger partial charge in [0.15, 0.2) is 5.96 Å². The Hall–Kier alpha value is -0.830. The van der Waals surface area contributed by atoms with Crippen LogP contribution in [0.2, 0.25) is 0 Å². The third-order valence-electron chi connectivity index (χ3n) is 5.58. The van der Waals surface area contributed by atoms with E-state index in [2.05, 4.69) is 14.8 Å². The molecule has 2 aliphatic rings. The van der Waals surface area contributed by atoms with Crippen LogP contribution in [0.5, 0.6) is 0 Å². The smallest absolute Gasteiger partial charge is 0.208 e. The number of oxazole rings is 1. The summed E-state index contributed by atoms with van der Waals surface area (Å²) in [5.74, 6) is 3.19. The van der Waals surface area contributed by atoms with Crippen molar-refractivity contribution in [3.63, 3.8) is 0 Å². The average Bonchev–Trinajstić information content (AvgIpc) is 2.82. The highest BCUT2D eigenvalue weighted by Gasteiger charge is 2.21. The lowest BCUT2D eigenvalue weighted by atomic mass is 9.97. The predicted molar refractivity (Wildman–Crippen MR) is 116 cm³/mol. The number of guanidine groups is 1. The second-order valence-electron chi connectivity index (χ2n) is 7.57. The fraction of sp³-hybridized carbons (Fsp3) is 0.789. The molecule has 1 aromatic rings. The number of aromatic nitrogens is 1. The summed E-state index contributed by atoms with van der Waals surface area (Å²) in [7, 11) is 0. The van der Waals surface area contributed by atoms with Gasteiger partial charge in [-0.15, -0.1) is 24.0 Å². The second-order valence-corrected chi connectivity index (χ2v) is 7.57. The number of rotatable bonds is 4. The maximum absolute atomic E-state index is 6.23. The number of halogens is 1. The molecule has 1 aromatic heterocycles. The van der Waals surface area contributed by atoms with Crippen molar-refractivity contribution in [3.8, 4) is 0 Å². The van der Waals surface area contributed by atoms with Gasteiger partial charge in [0.2, 0.25) is 5.89 Å². The van der Waals surface area contributed by atoms with E-state index in [0.29, 0.717) is 5.92 Å². The van der Waals surface area contributed by atoms with Crippen LogP contribution in [-0.2, 0) is 6.54 Å².